The molecule has 3 rings (SSSR count). The van der Waals surface area contributed by atoms with Crippen molar-refractivity contribution in [3.63, 3.8) is 0 Å². The zero-order valence-corrected chi connectivity index (χ0v) is 15.1. The van der Waals surface area contributed by atoms with E-state index in [1.807, 2.05) is 36.4 Å². The van der Waals surface area contributed by atoms with Gasteiger partial charge in [-0.05, 0) is 74.6 Å². The second-order valence-corrected chi connectivity index (χ2v) is 7.10. The Balaban J connectivity index is 1.54. The number of halogens is 1. The molecule has 1 aliphatic rings. The molecule has 0 bridgehead atoms. The molecular weight excluding hydrogens is 318 g/mol. The van der Waals surface area contributed by atoms with Crippen molar-refractivity contribution >= 4 is 11.6 Å². The Morgan fingerprint density at radius 2 is 1.71 bits per heavy atom. The van der Waals surface area contributed by atoms with Gasteiger partial charge in [0.15, 0.2) is 0 Å². The van der Waals surface area contributed by atoms with E-state index in [4.69, 9.17) is 16.3 Å². The highest BCUT2D eigenvalue weighted by Gasteiger charge is 2.12. The first-order valence-electron chi connectivity index (χ1n) is 8.97. The summed E-state index contributed by atoms with van der Waals surface area (Å²) in [5.41, 5.74) is 1.37. The summed E-state index contributed by atoms with van der Waals surface area (Å²) >= 11 is 6.14. The third kappa shape index (κ3) is 4.75. The molecule has 1 aliphatic heterocycles. The number of hydrogen-bond acceptors (Lipinski definition) is 2. The van der Waals surface area contributed by atoms with Gasteiger partial charge in [0.05, 0.1) is 5.02 Å². The normalized spacial score (nSPS) is 16.8. The van der Waals surface area contributed by atoms with Gasteiger partial charge in [-0.25, -0.2) is 0 Å². The fourth-order valence-electron chi connectivity index (χ4n) is 3.24. The Hall–Kier alpha value is -1.51. The molecule has 0 aliphatic carbocycles. The van der Waals surface area contributed by atoms with E-state index in [2.05, 4.69) is 24.0 Å². The van der Waals surface area contributed by atoms with Crippen molar-refractivity contribution in [2.24, 2.45) is 0 Å². The summed E-state index contributed by atoms with van der Waals surface area (Å²) in [6.07, 6.45) is 5.34. The number of likely N-dealkylation sites (tertiary alicyclic amines) is 1. The molecule has 1 heterocycles. The minimum Gasteiger partial charge on any atom is -0.456 e. The lowest BCUT2D eigenvalue weighted by molar-refractivity contribution is 0.222. The van der Waals surface area contributed by atoms with Gasteiger partial charge in [0.1, 0.15) is 11.5 Å². The van der Waals surface area contributed by atoms with E-state index < -0.39 is 0 Å². The monoisotopic (exact) mass is 343 g/mol. The van der Waals surface area contributed by atoms with E-state index in [9.17, 15) is 0 Å². The largest absolute Gasteiger partial charge is 0.456 e. The minimum atomic E-state index is 0.571. The fourth-order valence-corrected chi connectivity index (χ4v) is 3.42. The van der Waals surface area contributed by atoms with Gasteiger partial charge < -0.3 is 9.64 Å². The summed E-state index contributed by atoms with van der Waals surface area (Å²) in [5.74, 6) is 2.10. The fraction of sp³-hybridized carbons (Fsp3) is 0.429. The van der Waals surface area contributed by atoms with Gasteiger partial charge in [-0.15, -0.1) is 0 Å². The van der Waals surface area contributed by atoms with E-state index in [1.54, 1.807) is 0 Å². The standard InChI is InChI=1S/C21H26ClNO/c1-17(13-16-23-14-5-2-6-15-23)18-9-11-19(12-10-18)24-21-8-4-3-7-20(21)22/h3-4,7-12,17H,2,5-6,13-16H2,1H3. The van der Waals surface area contributed by atoms with Crippen molar-refractivity contribution < 1.29 is 4.74 Å². The van der Waals surface area contributed by atoms with Crippen LogP contribution in [-0.2, 0) is 0 Å². The Morgan fingerprint density at radius 1 is 1.00 bits per heavy atom. The maximum Gasteiger partial charge on any atom is 0.146 e. The Bertz CT molecular complexity index is 635. The summed E-state index contributed by atoms with van der Waals surface area (Å²) in [6, 6.07) is 16.0. The minimum absolute atomic E-state index is 0.571. The highest BCUT2D eigenvalue weighted by molar-refractivity contribution is 6.32. The second-order valence-electron chi connectivity index (χ2n) is 6.69. The summed E-state index contributed by atoms with van der Waals surface area (Å²) in [7, 11) is 0. The van der Waals surface area contributed by atoms with E-state index in [0.29, 0.717) is 16.7 Å². The van der Waals surface area contributed by atoms with Crippen LogP contribution in [-0.4, -0.2) is 24.5 Å². The SMILES string of the molecule is CC(CCN1CCCCC1)c1ccc(Oc2ccccc2Cl)cc1. The third-order valence-corrected chi connectivity index (χ3v) is 5.15. The molecule has 0 spiro atoms. The molecular formula is C21H26ClNO. The van der Waals surface area contributed by atoms with Gasteiger partial charge >= 0.3 is 0 Å². The molecule has 1 saturated heterocycles. The zero-order valence-electron chi connectivity index (χ0n) is 14.4. The van der Waals surface area contributed by atoms with E-state index >= 15 is 0 Å². The molecule has 2 aromatic rings. The van der Waals surface area contributed by atoms with E-state index in [0.717, 1.165) is 5.75 Å². The quantitative estimate of drug-likeness (QED) is 0.627. The molecule has 1 unspecified atom stereocenters. The van der Waals surface area contributed by atoms with Crippen LogP contribution in [0.1, 0.15) is 44.1 Å². The molecule has 0 radical (unpaired) electrons. The van der Waals surface area contributed by atoms with Crippen LogP contribution in [0.15, 0.2) is 48.5 Å². The van der Waals surface area contributed by atoms with Crippen molar-refractivity contribution in [1.82, 2.24) is 4.90 Å². The average molecular weight is 344 g/mol. The number of benzene rings is 2. The zero-order chi connectivity index (χ0) is 16.8. The number of piperidine rings is 1. The van der Waals surface area contributed by atoms with Crippen molar-refractivity contribution in [3.8, 4) is 11.5 Å². The maximum absolute atomic E-state index is 6.14. The first-order chi connectivity index (χ1) is 11.7. The molecule has 0 aromatic heterocycles. The van der Waals surface area contributed by atoms with Crippen molar-refractivity contribution in [2.75, 3.05) is 19.6 Å². The van der Waals surface area contributed by atoms with Crippen LogP contribution in [0.2, 0.25) is 5.02 Å². The van der Waals surface area contributed by atoms with Crippen LogP contribution in [0, 0.1) is 0 Å². The van der Waals surface area contributed by atoms with Crippen molar-refractivity contribution in [1.29, 1.82) is 0 Å². The smallest absolute Gasteiger partial charge is 0.146 e. The van der Waals surface area contributed by atoms with Gasteiger partial charge in [0.2, 0.25) is 0 Å². The molecule has 1 fully saturated rings. The summed E-state index contributed by atoms with van der Waals surface area (Å²) in [6.45, 7) is 6.07. The van der Waals surface area contributed by atoms with Crippen LogP contribution < -0.4 is 4.74 Å². The lowest BCUT2D eigenvalue weighted by Gasteiger charge is -2.27. The number of rotatable bonds is 6. The molecule has 0 amide bonds. The lowest BCUT2D eigenvalue weighted by atomic mass is 9.97. The van der Waals surface area contributed by atoms with Gasteiger partial charge in [-0.1, -0.05) is 49.2 Å². The number of nitrogens with zero attached hydrogens (tertiary/aromatic N) is 1. The molecule has 128 valence electrons. The van der Waals surface area contributed by atoms with Crippen molar-refractivity contribution in [3.05, 3.63) is 59.1 Å². The first kappa shape index (κ1) is 17.3. The predicted octanol–water partition coefficient (Wildman–Crippen LogP) is 6.11. The lowest BCUT2D eigenvalue weighted by Crippen LogP contribution is -2.31. The topological polar surface area (TPSA) is 12.5 Å². The average Bonchev–Trinajstić information content (AvgIpc) is 2.63. The summed E-state index contributed by atoms with van der Waals surface area (Å²) in [5, 5.41) is 0.636. The first-order valence-corrected chi connectivity index (χ1v) is 9.35. The van der Waals surface area contributed by atoms with Gasteiger partial charge in [-0.3, -0.25) is 0 Å². The Morgan fingerprint density at radius 3 is 2.42 bits per heavy atom. The Kier molecular flexibility index (Phi) is 6.17. The molecule has 2 aromatic carbocycles. The molecule has 2 nitrogen and oxygen atoms in total. The van der Waals surface area contributed by atoms with E-state index in [-0.39, 0.29) is 0 Å². The highest BCUT2D eigenvalue weighted by atomic mass is 35.5. The number of para-hydroxylation sites is 1. The van der Waals surface area contributed by atoms with Crippen LogP contribution in [0.3, 0.4) is 0 Å². The Labute approximate surface area is 150 Å². The third-order valence-electron chi connectivity index (χ3n) is 4.84. The molecule has 0 N–H and O–H groups in total. The van der Waals surface area contributed by atoms with Crippen LogP contribution in [0.4, 0.5) is 0 Å². The van der Waals surface area contributed by atoms with Gasteiger partial charge in [0.25, 0.3) is 0 Å². The van der Waals surface area contributed by atoms with Crippen LogP contribution in [0.5, 0.6) is 11.5 Å². The molecule has 24 heavy (non-hydrogen) atoms. The van der Waals surface area contributed by atoms with Crippen LogP contribution in [0.25, 0.3) is 0 Å². The number of hydrogen-bond donors (Lipinski definition) is 0. The molecule has 3 heteroatoms. The van der Waals surface area contributed by atoms with Gasteiger partial charge in [0, 0.05) is 0 Å². The van der Waals surface area contributed by atoms with E-state index in [1.165, 1.54) is 50.9 Å². The van der Waals surface area contributed by atoms with Crippen molar-refractivity contribution in [2.45, 2.75) is 38.5 Å². The maximum atomic E-state index is 6.14. The number of ether oxygens (including phenoxy) is 1. The summed E-state index contributed by atoms with van der Waals surface area (Å²) < 4.78 is 5.86. The highest BCUT2D eigenvalue weighted by Crippen LogP contribution is 2.30. The molecule has 1 atom stereocenters. The predicted molar refractivity (Wildman–Crippen MR) is 101 cm³/mol. The van der Waals surface area contributed by atoms with Gasteiger partial charge in [-0.2, -0.15) is 0 Å². The molecule has 0 saturated carbocycles. The second kappa shape index (κ2) is 8.55. The summed E-state index contributed by atoms with van der Waals surface area (Å²) in [4.78, 5) is 2.61. The van der Waals surface area contributed by atoms with Crippen LogP contribution >= 0.6 is 11.6 Å².